The van der Waals surface area contributed by atoms with E-state index in [1.54, 1.807) is 0 Å². The third-order valence-electron chi connectivity index (χ3n) is 4.71. The van der Waals surface area contributed by atoms with E-state index in [1.807, 2.05) is 34.9 Å². The largest absolute Gasteiger partial charge is 0.378 e. The topological polar surface area (TPSA) is 72.3 Å². The van der Waals surface area contributed by atoms with Crippen molar-refractivity contribution >= 4 is 29.3 Å². The molecule has 10 heteroatoms. The Morgan fingerprint density at radius 2 is 1.84 bits per heavy atom. The van der Waals surface area contributed by atoms with Crippen LogP contribution in [0.5, 0.6) is 0 Å². The van der Waals surface area contributed by atoms with E-state index in [2.05, 4.69) is 20.4 Å². The van der Waals surface area contributed by atoms with Crippen molar-refractivity contribution in [2.75, 3.05) is 42.3 Å². The zero-order chi connectivity index (χ0) is 21.6. The number of rotatable bonds is 7. The lowest BCUT2D eigenvalue weighted by atomic mass is 10.2. The molecular weight excluding hydrogens is 424 g/mol. The molecule has 1 aromatic heterocycles. The highest BCUT2D eigenvalue weighted by Gasteiger charge is 2.21. The maximum absolute atomic E-state index is 13.4. The number of anilines is 2. The third-order valence-corrected chi connectivity index (χ3v) is 5.68. The molecule has 1 aliphatic rings. The van der Waals surface area contributed by atoms with E-state index in [-0.39, 0.29) is 17.3 Å². The van der Waals surface area contributed by atoms with Gasteiger partial charge in [-0.3, -0.25) is 9.36 Å². The molecule has 4 rings (SSSR count). The molecule has 1 amide bonds. The van der Waals surface area contributed by atoms with Crippen LogP contribution in [0.3, 0.4) is 0 Å². The Morgan fingerprint density at radius 3 is 2.58 bits per heavy atom. The highest BCUT2D eigenvalue weighted by Crippen LogP contribution is 2.24. The van der Waals surface area contributed by atoms with Gasteiger partial charge in [0.25, 0.3) is 0 Å². The molecule has 0 unspecified atom stereocenters. The van der Waals surface area contributed by atoms with Crippen LogP contribution in [0.15, 0.2) is 53.7 Å². The Morgan fingerprint density at radius 1 is 1.06 bits per heavy atom. The molecule has 0 radical (unpaired) electrons. The van der Waals surface area contributed by atoms with Crippen LogP contribution in [0.4, 0.5) is 20.4 Å². The van der Waals surface area contributed by atoms with Crippen LogP contribution < -0.4 is 10.2 Å². The van der Waals surface area contributed by atoms with Gasteiger partial charge in [0.2, 0.25) is 11.9 Å². The molecule has 1 N–H and O–H groups in total. The molecule has 31 heavy (non-hydrogen) atoms. The minimum atomic E-state index is -1.01. The van der Waals surface area contributed by atoms with Crippen molar-refractivity contribution in [3.63, 3.8) is 0 Å². The standard InChI is InChI=1S/C21H21F2N5O2S/c22-17-7-6-16(12-18(17)23)24-19(29)14-31-21-26-25-20(27-8-10-30-11-9-27)28(21)13-15-4-2-1-3-5-15/h1-7,12H,8-11,13-14H2,(H,24,29). The summed E-state index contributed by atoms with van der Waals surface area (Å²) < 4.78 is 33.8. The normalized spacial score (nSPS) is 13.9. The summed E-state index contributed by atoms with van der Waals surface area (Å²) in [6, 6.07) is 13.2. The third kappa shape index (κ3) is 5.39. The minimum absolute atomic E-state index is 0.0506. The summed E-state index contributed by atoms with van der Waals surface area (Å²) in [5.74, 6) is -1.54. The fraction of sp³-hybridized carbons (Fsp3) is 0.286. The summed E-state index contributed by atoms with van der Waals surface area (Å²) in [4.78, 5) is 14.4. The van der Waals surface area contributed by atoms with Crippen molar-refractivity contribution in [2.24, 2.45) is 0 Å². The smallest absolute Gasteiger partial charge is 0.234 e. The van der Waals surface area contributed by atoms with E-state index in [1.165, 1.54) is 17.8 Å². The second-order valence-corrected chi connectivity index (χ2v) is 7.86. The van der Waals surface area contributed by atoms with Crippen molar-refractivity contribution in [2.45, 2.75) is 11.7 Å². The first-order chi connectivity index (χ1) is 15.1. The number of aromatic nitrogens is 3. The van der Waals surface area contributed by atoms with E-state index in [9.17, 15) is 13.6 Å². The molecule has 0 atom stereocenters. The maximum atomic E-state index is 13.4. The maximum Gasteiger partial charge on any atom is 0.234 e. The SMILES string of the molecule is O=C(CSc1nnc(N2CCOCC2)n1Cc1ccccc1)Nc1ccc(F)c(F)c1. The predicted molar refractivity (Wildman–Crippen MR) is 114 cm³/mol. The number of carbonyl (C=O) groups is 1. The van der Waals surface area contributed by atoms with Gasteiger partial charge in [0.05, 0.1) is 25.5 Å². The van der Waals surface area contributed by atoms with Gasteiger partial charge >= 0.3 is 0 Å². The minimum Gasteiger partial charge on any atom is -0.378 e. The fourth-order valence-corrected chi connectivity index (χ4v) is 3.92. The molecule has 7 nitrogen and oxygen atoms in total. The lowest BCUT2D eigenvalue weighted by Gasteiger charge is -2.28. The molecule has 3 aromatic rings. The molecule has 1 fully saturated rings. The molecule has 2 aromatic carbocycles. The van der Waals surface area contributed by atoms with Gasteiger partial charge in [-0.05, 0) is 17.7 Å². The first-order valence-electron chi connectivity index (χ1n) is 9.77. The van der Waals surface area contributed by atoms with Crippen LogP contribution in [-0.2, 0) is 16.1 Å². The van der Waals surface area contributed by atoms with Crippen LogP contribution in [0.2, 0.25) is 0 Å². The van der Waals surface area contributed by atoms with E-state index < -0.39 is 11.6 Å². The molecule has 0 spiro atoms. The van der Waals surface area contributed by atoms with E-state index in [0.29, 0.717) is 38.0 Å². The lowest BCUT2D eigenvalue weighted by molar-refractivity contribution is -0.113. The summed E-state index contributed by atoms with van der Waals surface area (Å²) in [6.45, 7) is 3.24. The molecule has 2 heterocycles. The molecule has 162 valence electrons. The van der Waals surface area contributed by atoms with Gasteiger partial charge in [-0.25, -0.2) is 8.78 Å². The van der Waals surface area contributed by atoms with Crippen molar-refractivity contribution < 1.29 is 18.3 Å². The molecule has 1 aliphatic heterocycles. The molecular formula is C21H21F2N5O2S. The average molecular weight is 445 g/mol. The predicted octanol–water partition coefficient (Wildman–Crippen LogP) is 3.17. The number of halogens is 2. The van der Waals surface area contributed by atoms with Gasteiger partial charge < -0.3 is 15.0 Å². The van der Waals surface area contributed by atoms with E-state index in [4.69, 9.17) is 4.74 Å². The summed E-state index contributed by atoms with van der Waals surface area (Å²) in [7, 11) is 0. The first-order valence-corrected chi connectivity index (χ1v) is 10.8. The monoisotopic (exact) mass is 445 g/mol. The van der Waals surface area contributed by atoms with Gasteiger partial charge in [0, 0.05) is 24.8 Å². The summed E-state index contributed by atoms with van der Waals surface area (Å²) in [5, 5.41) is 11.8. The average Bonchev–Trinajstić information content (AvgIpc) is 3.18. The van der Waals surface area contributed by atoms with Crippen molar-refractivity contribution in [1.29, 1.82) is 0 Å². The van der Waals surface area contributed by atoms with Gasteiger partial charge in [-0.1, -0.05) is 42.1 Å². The first kappa shape index (κ1) is 21.3. The number of nitrogens with zero attached hydrogens (tertiary/aromatic N) is 4. The highest BCUT2D eigenvalue weighted by molar-refractivity contribution is 7.99. The number of amides is 1. The number of benzene rings is 2. The summed E-state index contributed by atoms with van der Waals surface area (Å²) >= 11 is 1.24. The van der Waals surface area contributed by atoms with Crippen LogP contribution in [-0.4, -0.2) is 52.7 Å². The zero-order valence-corrected chi connectivity index (χ0v) is 17.4. The summed E-state index contributed by atoms with van der Waals surface area (Å²) in [6.07, 6.45) is 0. The van der Waals surface area contributed by atoms with Crippen LogP contribution in [0.25, 0.3) is 0 Å². The number of hydrogen-bond acceptors (Lipinski definition) is 6. The van der Waals surface area contributed by atoms with E-state index in [0.717, 1.165) is 23.6 Å². The number of hydrogen-bond donors (Lipinski definition) is 1. The van der Waals surface area contributed by atoms with E-state index >= 15 is 0 Å². The van der Waals surface area contributed by atoms with Gasteiger partial charge in [0.15, 0.2) is 16.8 Å². The Hall–Kier alpha value is -2.98. The number of thioether (sulfide) groups is 1. The molecule has 0 aliphatic carbocycles. The Bertz CT molecular complexity index is 1040. The van der Waals surface area contributed by atoms with Crippen molar-refractivity contribution in [3.05, 3.63) is 65.7 Å². The Kier molecular flexibility index (Phi) is 6.78. The molecule has 0 bridgehead atoms. The van der Waals surface area contributed by atoms with Crippen LogP contribution in [0.1, 0.15) is 5.56 Å². The molecule has 1 saturated heterocycles. The zero-order valence-electron chi connectivity index (χ0n) is 16.6. The number of carbonyl (C=O) groups excluding carboxylic acids is 1. The van der Waals surface area contributed by atoms with Crippen molar-refractivity contribution in [1.82, 2.24) is 14.8 Å². The Balaban J connectivity index is 1.48. The number of nitrogens with one attached hydrogen (secondary N) is 1. The molecule has 0 saturated carbocycles. The second-order valence-electron chi connectivity index (χ2n) is 6.92. The van der Waals surface area contributed by atoms with Crippen LogP contribution in [0, 0.1) is 11.6 Å². The quantitative estimate of drug-likeness (QED) is 0.564. The number of morpholine rings is 1. The Labute approximate surface area is 182 Å². The summed E-state index contributed by atoms with van der Waals surface area (Å²) in [5.41, 5.74) is 1.29. The fourth-order valence-electron chi connectivity index (χ4n) is 3.19. The lowest BCUT2D eigenvalue weighted by Crippen LogP contribution is -2.38. The number of ether oxygens (including phenoxy) is 1. The van der Waals surface area contributed by atoms with Crippen molar-refractivity contribution in [3.8, 4) is 0 Å². The van der Waals surface area contributed by atoms with Gasteiger partial charge in [0.1, 0.15) is 0 Å². The second kappa shape index (κ2) is 9.88. The van der Waals surface area contributed by atoms with Crippen LogP contribution >= 0.6 is 11.8 Å². The van der Waals surface area contributed by atoms with Gasteiger partial charge in [-0.2, -0.15) is 0 Å². The highest BCUT2D eigenvalue weighted by atomic mass is 32.2. The van der Waals surface area contributed by atoms with Gasteiger partial charge in [-0.15, -0.1) is 10.2 Å².